The number of anilines is 2. The summed E-state index contributed by atoms with van der Waals surface area (Å²) >= 11 is 0. The molecule has 1 aliphatic heterocycles. The zero-order valence-electron chi connectivity index (χ0n) is 16.7. The van der Waals surface area contributed by atoms with E-state index < -0.39 is 0 Å². The average Bonchev–Trinajstić information content (AvgIpc) is 2.72. The first kappa shape index (κ1) is 19.9. The van der Waals surface area contributed by atoms with Gasteiger partial charge in [-0.25, -0.2) is 4.98 Å². The van der Waals surface area contributed by atoms with Crippen LogP contribution in [0.2, 0.25) is 0 Å². The predicted octanol–water partition coefficient (Wildman–Crippen LogP) is 4.76. The summed E-state index contributed by atoms with van der Waals surface area (Å²) in [6.07, 6.45) is 8.36. The van der Waals surface area contributed by atoms with Crippen LogP contribution < -0.4 is 15.0 Å². The Morgan fingerprint density at radius 1 is 1.25 bits per heavy atom. The molecule has 28 heavy (non-hydrogen) atoms. The van der Waals surface area contributed by atoms with E-state index in [0.29, 0.717) is 12.3 Å². The second-order valence-electron chi connectivity index (χ2n) is 7.28. The first-order valence-corrected chi connectivity index (χ1v) is 10.1. The van der Waals surface area contributed by atoms with E-state index in [1.165, 1.54) is 18.9 Å². The van der Waals surface area contributed by atoms with Crippen molar-refractivity contribution in [3.8, 4) is 5.75 Å². The van der Waals surface area contributed by atoms with Crippen molar-refractivity contribution >= 4 is 23.5 Å². The summed E-state index contributed by atoms with van der Waals surface area (Å²) in [5, 5.41) is 2.86. The van der Waals surface area contributed by atoms with Crippen molar-refractivity contribution in [3.63, 3.8) is 0 Å². The molecule has 5 heteroatoms. The van der Waals surface area contributed by atoms with E-state index in [9.17, 15) is 4.79 Å². The Bertz CT molecular complexity index is 794. The summed E-state index contributed by atoms with van der Waals surface area (Å²) in [4.78, 5) is 19.1. The highest BCUT2D eigenvalue weighted by Gasteiger charge is 2.16. The van der Waals surface area contributed by atoms with Crippen molar-refractivity contribution < 1.29 is 9.53 Å². The van der Waals surface area contributed by atoms with Crippen LogP contribution in [0.3, 0.4) is 0 Å². The van der Waals surface area contributed by atoms with Gasteiger partial charge in [0.05, 0.1) is 18.5 Å². The fourth-order valence-electron chi connectivity index (χ4n) is 3.20. The smallest absolute Gasteiger partial charge is 0.248 e. The minimum atomic E-state index is -0.188. The molecule has 0 unspecified atom stereocenters. The highest BCUT2D eigenvalue weighted by atomic mass is 16.5. The number of benzene rings is 1. The summed E-state index contributed by atoms with van der Waals surface area (Å²) in [6.45, 7) is 7.11. The number of carbonyl (C=O) groups excluding carboxylic acids is 1. The van der Waals surface area contributed by atoms with Gasteiger partial charge in [0.1, 0.15) is 11.6 Å². The summed E-state index contributed by atoms with van der Waals surface area (Å²) in [6, 6.07) is 11.6. The van der Waals surface area contributed by atoms with Gasteiger partial charge in [0.2, 0.25) is 5.91 Å². The number of piperidine rings is 1. The second kappa shape index (κ2) is 9.93. The molecule has 0 atom stereocenters. The average molecular weight is 380 g/mol. The molecule has 1 aromatic carbocycles. The number of aromatic nitrogens is 1. The predicted molar refractivity (Wildman–Crippen MR) is 115 cm³/mol. The Hall–Kier alpha value is -2.82. The van der Waals surface area contributed by atoms with E-state index in [4.69, 9.17) is 4.74 Å². The molecule has 0 bridgehead atoms. The molecule has 1 amide bonds. The number of pyridine rings is 1. The molecule has 0 saturated carbocycles. The van der Waals surface area contributed by atoms with Crippen LogP contribution in [-0.4, -0.2) is 30.6 Å². The van der Waals surface area contributed by atoms with Gasteiger partial charge >= 0.3 is 0 Å². The van der Waals surface area contributed by atoms with Crippen molar-refractivity contribution in [2.75, 3.05) is 29.9 Å². The minimum absolute atomic E-state index is 0.188. The van der Waals surface area contributed by atoms with Gasteiger partial charge in [-0.05, 0) is 49.5 Å². The molecule has 1 aliphatic rings. The Balaban J connectivity index is 1.57. The number of nitrogens with one attached hydrogen (secondary N) is 1. The lowest BCUT2D eigenvalue weighted by Gasteiger charge is -2.31. The molecule has 3 rings (SSSR count). The fraction of sp³-hybridized carbons (Fsp3) is 0.391. The first-order valence-electron chi connectivity index (χ1n) is 10.1. The van der Waals surface area contributed by atoms with Gasteiger partial charge in [-0.3, -0.25) is 4.79 Å². The zero-order chi connectivity index (χ0) is 19.8. The van der Waals surface area contributed by atoms with E-state index in [0.717, 1.165) is 42.6 Å². The van der Waals surface area contributed by atoms with Gasteiger partial charge < -0.3 is 15.0 Å². The molecule has 1 saturated heterocycles. The van der Waals surface area contributed by atoms with Gasteiger partial charge in [0.15, 0.2) is 0 Å². The fourth-order valence-corrected chi connectivity index (χ4v) is 3.20. The lowest BCUT2D eigenvalue weighted by molar-refractivity contribution is -0.111. The van der Waals surface area contributed by atoms with Crippen LogP contribution in [0.25, 0.3) is 6.08 Å². The quantitative estimate of drug-likeness (QED) is 0.705. The number of para-hydroxylation sites is 1. The van der Waals surface area contributed by atoms with Crippen molar-refractivity contribution in [2.24, 2.45) is 5.92 Å². The molecule has 1 N–H and O–H groups in total. The van der Waals surface area contributed by atoms with Gasteiger partial charge in [-0.1, -0.05) is 32.0 Å². The minimum Gasteiger partial charge on any atom is -0.493 e. The van der Waals surface area contributed by atoms with Gasteiger partial charge in [0.25, 0.3) is 0 Å². The molecular weight excluding hydrogens is 350 g/mol. The highest BCUT2D eigenvalue weighted by Crippen LogP contribution is 2.22. The van der Waals surface area contributed by atoms with Gasteiger partial charge in [-0.2, -0.15) is 0 Å². The van der Waals surface area contributed by atoms with Crippen molar-refractivity contribution in [2.45, 2.75) is 33.1 Å². The molecule has 5 nitrogen and oxygen atoms in total. The Morgan fingerprint density at radius 3 is 2.75 bits per heavy atom. The first-order chi connectivity index (χ1) is 13.7. The lowest BCUT2D eigenvalue weighted by atomic mass is 9.99. The number of hydrogen-bond donors (Lipinski definition) is 1. The number of hydrogen-bond acceptors (Lipinski definition) is 4. The van der Waals surface area contributed by atoms with Crippen LogP contribution >= 0.6 is 0 Å². The molecule has 1 fully saturated rings. The third-order valence-corrected chi connectivity index (χ3v) is 4.92. The largest absolute Gasteiger partial charge is 0.493 e. The van der Waals surface area contributed by atoms with E-state index in [1.807, 2.05) is 36.4 Å². The van der Waals surface area contributed by atoms with E-state index in [1.54, 1.807) is 12.3 Å². The van der Waals surface area contributed by atoms with Crippen molar-refractivity contribution in [1.82, 2.24) is 4.98 Å². The van der Waals surface area contributed by atoms with Crippen molar-refractivity contribution in [1.29, 1.82) is 0 Å². The number of amides is 1. The molecular formula is C23H29N3O2. The molecule has 1 aromatic heterocycles. The lowest BCUT2D eigenvalue weighted by Crippen LogP contribution is -2.33. The van der Waals surface area contributed by atoms with E-state index in [-0.39, 0.29) is 5.91 Å². The molecule has 0 aliphatic carbocycles. The van der Waals surface area contributed by atoms with E-state index >= 15 is 0 Å². The van der Waals surface area contributed by atoms with Crippen LogP contribution in [0.5, 0.6) is 5.75 Å². The third-order valence-electron chi connectivity index (χ3n) is 4.92. The van der Waals surface area contributed by atoms with Crippen LogP contribution in [0.4, 0.5) is 11.5 Å². The van der Waals surface area contributed by atoms with E-state index in [2.05, 4.69) is 29.0 Å². The number of nitrogens with zero attached hydrogens (tertiary/aromatic N) is 2. The molecule has 2 aromatic rings. The number of rotatable bonds is 7. The zero-order valence-corrected chi connectivity index (χ0v) is 16.7. The van der Waals surface area contributed by atoms with Crippen molar-refractivity contribution in [3.05, 3.63) is 54.2 Å². The summed E-state index contributed by atoms with van der Waals surface area (Å²) < 4.78 is 5.72. The van der Waals surface area contributed by atoms with Gasteiger partial charge in [0, 0.05) is 24.7 Å². The topological polar surface area (TPSA) is 54.5 Å². The van der Waals surface area contributed by atoms with Crippen LogP contribution in [-0.2, 0) is 4.79 Å². The number of ether oxygens (including phenoxy) is 1. The maximum Gasteiger partial charge on any atom is 0.248 e. The standard InChI is InChI=1S/C23H29N3O2/c1-3-16-28-21-7-5-4-6-19(21)8-11-23(27)25-20-9-10-22(24-17-20)26-14-12-18(2)13-15-26/h4-11,17-18H,3,12-16H2,1-2H3,(H,25,27)/b11-8+. The normalized spacial score (nSPS) is 15.0. The molecule has 2 heterocycles. The molecule has 0 spiro atoms. The summed E-state index contributed by atoms with van der Waals surface area (Å²) in [5.74, 6) is 2.36. The maximum atomic E-state index is 12.3. The SMILES string of the molecule is CCCOc1ccccc1/C=C/C(=O)Nc1ccc(N2CCC(C)CC2)nc1. The Morgan fingerprint density at radius 2 is 2.04 bits per heavy atom. The highest BCUT2D eigenvalue weighted by molar-refractivity contribution is 6.02. The monoisotopic (exact) mass is 379 g/mol. The third kappa shape index (κ3) is 5.59. The van der Waals surface area contributed by atoms with Crippen LogP contribution in [0.1, 0.15) is 38.7 Å². The number of carbonyl (C=O) groups is 1. The Kier molecular flexibility index (Phi) is 7.06. The molecule has 0 radical (unpaired) electrons. The van der Waals surface area contributed by atoms with Gasteiger partial charge in [-0.15, -0.1) is 0 Å². The summed E-state index contributed by atoms with van der Waals surface area (Å²) in [7, 11) is 0. The second-order valence-corrected chi connectivity index (χ2v) is 7.28. The molecule has 148 valence electrons. The van der Waals surface area contributed by atoms with Crippen LogP contribution in [0.15, 0.2) is 48.7 Å². The summed E-state index contributed by atoms with van der Waals surface area (Å²) in [5.41, 5.74) is 1.58. The maximum absolute atomic E-state index is 12.3. The van der Waals surface area contributed by atoms with Crippen LogP contribution in [0, 0.1) is 5.92 Å². The Labute approximate surface area is 167 Å².